The van der Waals surface area contributed by atoms with E-state index in [1.54, 1.807) is 19.2 Å². The lowest BCUT2D eigenvalue weighted by atomic mass is 9.83. The Labute approximate surface area is 154 Å². The molecule has 0 heterocycles. The van der Waals surface area contributed by atoms with Crippen molar-refractivity contribution >= 4 is 28.3 Å². The largest absolute Gasteiger partial charge is 0.380 e. The summed E-state index contributed by atoms with van der Waals surface area (Å²) >= 11 is 0. The number of nitrogens with two attached hydrogens (primary N) is 2. The summed E-state index contributed by atoms with van der Waals surface area (Å²) in [5.74, 6) is -0.0513. The highest BCUT2D eigenvalue weighted by atomic mass is 35.5. The fourth-order valence-electron chi connectivity index (χ4n) is 2.98. The lowest BCUT2D eigenvalue weighted by molar-refractivity contribution is -0.127. The molecule has 9 heteroatoms. The third-order valence-corrected chi connectivity index (χ3v) is 5.41. The fraction of sp³-hybridized carbons (Fsp3) is 0.562. The van der Waals surface area contributed by atoms with Crippen molar-refractivity contribution in [3.63, 3.8) is 0 Å². The standard InChI is InChI=1S/C16H25N3O4S.ClH/c1-23-15-10-12(4-7-14(15)17)16(20)19-9-8-11-2-5-13(6-3-11)24(18,21)22;/h2-3,5-6,12,14-15H,4,7-10,17H2,1H3,(H,19,20)(H2,18,21,22);1H/t12-,14+,15+;/m0./s1. The summed E-state index contributed by atoms with van der Waals surface area (Å²) in [6.45, 7) is 0.494. The zero-order valence-electron chi connectivity index (χ0n) is 14.2. The molecule has 0 aromatic heterocycles. The van der Waals surface area contributed by atoms with E-state index in [4.69, 9.17) is 15.6 Å². The second-order valence-electron chi connectivity index (χ2n) is 6.18. The van der Waals surface area contributed by atoms with Crippen LogP contribution in [0.15, 0.2) is 29.2 Å². The van der Waals surface area contributed by atoms with Crippen molar-refractivity contribution in [2.75, 3.05) is 13.7 Å². The van der Waals surface area contributed by atoms with E-state index in [0.29, 0.717) is 19.4 Å². The quantitative estimate of drug-likeness (QED) is 0.653. The normalized spacial score (nSPS) is 23.6. The Morgan fingerprint density at radius 3 is 2.48 bits per heavy atom. The zero-order chi connectivity index (χ0) is 17.7. The highest BCUT2D eigenvalue weighted by Crippen LogP contribution is 2.25. The van der Waals surface area contributed by atoms with Crippen molar-refractivity contribution in [1.29, 1.82) is 0 Å². The predicted octanol–water partition coefficient (Wildman–Crippen LogP) is 0.557. The molecule has 0 spiro atoms. The zero-order valence-corrected chi connectivity index (χ0v) is 15.8. The maximum Gasteiger partial charge on any atom is 0.238 e. The smallest absolute Gasteiger partial charge is 0.238 e. The third-order valence-electron chi connectivity index (χ3n) is 4.48. The summed E-state index contributed by atoms with van der Waals surface area (Å²) in [6, 6.07) is 6.34. The molecule has 0 radical (unpaired) electrons. The molecule has 0 bridgehead atoms. The first-order chi connectivity index (χ1) is 11.3. The minimum Gasteiger partial charge on any atom is -0.380 e. The van der Waals surface area contributed by atoms with Crippen molar-refractivity contribution in [1.82, 2.24) is 5.32 Å². The summed E-state index contributed by atoms with van der Waals surface area (Å²) in [4.78, 5) is 12.3. The van der Waals surface area contributed by atoms with E-state index >= 15 is 0 Å². The summed E-state index contributed by atoms with van der Waals surface area (Å²) in [7, 11) is -2.05. The van der Waals surface area contributed by atoms with E-state index in [-0.39, 0.29) is 41.3 Å². The van der Waals surface area contributed by atoms with E-state index in [2.05, 4.69) is 5.32 Å². The number of primary sulfonamides is 1. The molecule has 0 unspecified atom stereocenters. The van der Waals surface area contributed by atoms with Gasteiger partial charge in [0.25, 0.3) is 0 Å². The molecule has 0 saturated heterocycles. The average molecular weight is 392 g/mol. The van der Waals surface area contributed by atoms with E-state index in [1.807, 2.05) is 0 Å². The number of nitrogens with one attached hydrogen (secondary N) is 1. The van der Waals surface area contributed by atoms with E-state index in [1.165, 1.54) is 12.1 Å². The van der Waals surface area contributed by atoms with Crippen LogP contribution in [0.3, 0.4) is 0 Å². The Hall–Kier alpha value is -1.19. The van der Waals surface area contributed by atoms with E-state index < -0.39 is 10.0 Å². The highest BCUT2D eigenvalue weighted by molar-refractivity contribution is 7.89. The molecular weight excluding hydrogens is 366 g/mol. The van der Waals surface area contributed by atoms with Crippen molar-refractivity contribution < 1.29 is 17.9 Å². The minimum absolute atomic E-state index is 0. The number of benzene rings is 1. The molecule has 7 nitrogen and oxygen atoms in total. The number of rotatable bonds is 6. The summed E-state index contributed by atoms with van der Waals surface area (Å²) in [5.41, 5.74) is 6.90. The monoisotopic (exact) mass is 391 g/mol. The molecule has 1 aliphatic rings. The molecule has 1 aromatic rings. The number of hydrogen-bond acceptors (Lipinski definition) is 5. The van der Waals surface area contributed by atoms with Gasteiger partial charge in [-0.3, -0.25) is 4.79 Å². The van der Waals surface area contributed by atoms with Gasteiger partial charge in [0.15, 0.2) is 0 Å². The van der Waals surface area contributed by atoms with Crippen LogP contribution in [0.1, 0.15) is 24.8 Å². The van der Waals surface area contributed by atoms with Crippen LogP contribution < -0.4 is 16.2 Å². The van der Waals surface area contributed by atoms with E-state index in [9.17, 15) is 13.2 Å². The van der Waals surface area contributed by atoms with Gasteiger partial charge in [0.1, 0.15) is 0 Å². The average Bonchev–Trinajstić information content (AvgIpc) is 2.55. The van der Waals surface area contributed by atoms with Crippen LogP contribution in [0.4, 0.5) is 0 Å². The number of ether oxygens (including phenoxy) is 1. The molecule has 5 N–H and O–H groups in total. The van der Waals surface area contributed by atoms with Gasteiger partial charge in [0.2, 0.25) is 15.9 Å². The molecule has 142 valence electrons. The number of hydrogen-bond donors (Lipinski definition) is 3. The van der Waals surface area contributed by atoms with Crippen molar-refractivity contribution in [2.45, 2.75) is 42.7 Å². The van der Waals surface area contributed by atoms with Gasteiger partial charge >= 0.3 is 0 Å². The van der Waals surface area contributed by atoms with Gasteiger partial charge in [-0.1, -0.05) is 12.1 Å². The molecule has 1 aromatic carbocycles. The Morgan fingerprint density at radius 2 is 1.92 bits per heavy atom. The Bertz CT molecular complexity index is 666. The molecule has 3 atom stereocenters. The first-order valence-electron chi connectivity index (χ1n) is 7.99. The van der Waals surface area contributed by atoms with Crippen LogP contribution in [0.25, 0.3) is 0 Å². The highest BCUT2D eigenvalue weighted by Gasteiger charge is 2.31. The molecule has 2 rings (SSSR count). The summed E-state index contributed by atoms with van der Waals surface area (Å²) in [5, 5.41) is 7.98. The van der Waals surface area contributed by atoms with Crippen LogP contribution in [0, 0.1) is 5.92 Å². The summed E-state index contributed by atoms with van der Waals surface area (Å²) in [6.07, 6.45) is 2.75. The number of carbonyl (C=O) groups is 1. The molecule has 1 aliphatic carbocycles. The molecule has 25 heavy (non-hydrogen) atoms. The topological polar surface area (TPSA) is 125 Å². The predicted molar refractivity (Wildman–Crippen MR) is 97.9 cm³/mol. The van der Waals surface area contributed by atoms with Crippen LogP contribution in [-0.4, -0.2) is 40.1 Å². The van der Waals surface area contributed by atoms with Gasteiger partial charge in [-0.2, -0.15) is 0 Å². The molecule has 1 fully saturated rings. The van der Waals surface area contributed by atoms with Crippen LogP contribution in [0.5, 0.6) is 0 Å². The fourth-order valence-corrected chi connectivity index (χ4v) is 3.50. The Morgan fingerprint density at radius 1 is 1.28 bits per heavy atom. The second kappa shape index (κ2) is 9.49. The molecular formula is C16H26ClN3O4S. The second-order valence-corrected chi connectivity index (χ2v) is 7.74. The van der Waals surface area contributed by atoms with Gasteiger partial charge in [0, 0.05) is 25.6 Å². The van der Waals surface area contributed by atoms with Gasteiger partial charge in [-0.25, -0.2) is 13.6 Å². The van der Waals surface area contributed by atoms with Crippen molar-refractivity contribution in [2.24, 2.45) is 16.8 Å². The third kappa shape index (κ3) is 6.23. The first-order valence-corrected chi connectivity index (χ1v) is 9.53. The van der Waals surface area contributed by atoms with E-state index in [0.717, 1.165) is 18.4 Å². The molecule has 0 aliphatic heterocycles. The van der Waals surface area contributed by atoms with Gasteiger partial charge in [0.05, 0.1) is 11.0 Å². The number of halogens is 1. The molecule has 1 saturated carbocycles. The van der Waals surface area contributed by atoms with Crippen molar-refractivity contribution in [3.05, 3.63) is 29.8 Å². The van der Waals surface area contributed by atoms with Gasteiger partial charge in [-0.15, -0.1) is 12.4 Å². The number of amides is 1. The van der Waals surface area contributed by atoms with Gasteiger partial charge in [-0.05, 0) is 43.4 Å². The Balaban J connectivity index is 0.00000312. The maximum atomic E-state index is 12.2. The first kappa shape index (κ1) is 21.9. The molecule has 1 amide bonds. The van der Waals surface area contributed by atoms with Crippen LogP contribution in [0.2, 0.25) is 0 Å². The number of carbonyl (C=O) groups excluding carboxylic acids is 1. The van der Waals surface area contributed by atoms with Crippen LogP contribution >= 0.6 is 12.4 Å². The maximum absolute atomic E-state index is 12.2. The lowest BCUT2D eigenvalue weighted by Gasteiger charge is -2.32. The summed E-state index contributed by atoms with van der Waals surface area (Å²) < 4.78 is 27.7. The van der Waals surface area contributed by atoms with Gasteiger partial charge < -0.3 is 15.8 Å². The van der Waals surface area contributed by atoms with Crippen LogP contribution in [-0.2, 0) is 26.0 Å². The number of sulfonamides is 1. The van der Waals surface area contributed by atoms with Crippen molar-refractivity contribution in [3.8, 4) is 0 Å². The number of methoxy groups -OCH3 is 1. The lowest BCUT2D eigenvalue weighted by Crippen LogP contribution is -2.45. The Kier molecular flexibility index (Phi) is 8.30. The SMILES string of the molecule is CO[C@@H]1C[C@@H](C(=O)NCCc2ccc(S(N)(=O)=O)cc2)CC[C@H]1N.Cl. The minimum atomic E-state index is -3.67.